The van der Waals surface area contributed by atoms with E-state index in [2.05, 4.69) is 45.0 Å². The van der Waals surface area contributed by atoms with Crippen LogP contribution in [0, 0.1) is 0 Å². The standard InChI is InChI=1S/C18H28N2O2.ClH/c1-18(2,3)14-9-7-13(8-10-14)16-6-5-11-20(16)17(21)15(19)12-22-4;/h7-10,15-16H,5-6,11-12,19H2,1-4H3;1H. The number of likely N-dealkylation sites (tertiary alicyclic amines) is 1. The number of carbonyl (C=O) groups is 1. The van der Waals surface area contributed by atoms with Crippen molar-refractivity contribution in [3.63, 3.8) is 0 Å². The summed E-state index contributed by atoms with van der Waals surface area (Å²) in [6, 6.07) is 8.22. The third-order valence-electron chi connectivity index (χ3n) is 4.36. The molecule has 2 unspecified atom stereocenters. The Hall–Kier alpha value is -1.10. The molecule has 1 heterocycles. The number of hydrogen-bond donors (Lipinski definition) is 1. The number of methoxy groups -OCH3 is 1. The van der Waals surface area contributed by atoms with Gasteiger partial charge in [0, 0.05) is 13.7 Å². The van der Waals surface area contributed by atoms with Crippen LogP contribution in [0.2, 0.25) is 0 Å². The van der Waals surface area contributed by atoms with Crippen LogP contribution in [0.15, 0.2) is 24.3 Å². The molecule has 0 bridgehead atoms. The van der Waals surface area contributed by atoms with Gasteiger partial charge in [-0.05, 0) is 29.4 Å². The van der Waals surface area contributed by atoms with Crippen molar-refractivity contribution >= 4 is 18.3 Å². The summed E-state index contributed by atoms with van der Waals surface area (Å²) in [5.41, 5.74) is 8.56. The van der Waals surface area contributed by atoms with E-state index in [-0.39, 0.29) is 36.4 Å². The topological polar surface area (TPSA) is 55.6 Å². The smallest absolute Gasteiger partial charge is 0.242 e. The second-order valence-electron chi connectivity index (χ2n) is 7.12. The number of ether oxygens (including phenoxy) is 1. The van der Waals surface area contributed by atoms with Crippen LogP contribution in [0.4, 0.5) is 0 Å². The van der Waals surface area contributed by atoms with Crippen molar-refractivity contribution < 1.29 is 9.53 Å². The van der Waals surface area contributed by atoms with Gasteiger partial charge in [-0.1, -0.05) is 45.0 Å². The number of hydrogen-bond acceptors (Lipinski definition) is 3. The van der Waals surface area contributed by atoms with E-state index < -0.39 is 6.04 Å². The first-order valence-corrected chi connectivity index (χ1v) is 8.00. The number of nitrogens with two attached hydrogens (primary N) is 1. The molecule has 5 heteroatoms. The van der Waals surface area contributed by atoms with Gasteiger partial charge in [-0.2, -0.15) is 0 Å². The summed E-state index contributed by atoms with van der Waals surface area (Å²) in [4.78, 5) is 14.4. The van der Waals surface area contributed by atoms with Gasteiger partial charge in [-0.3, -0.25) is 4.79 Å². The SMILES string of the molecule is COCC(N)C(=O)N1CCCC1c1ccc(C(C)(C)C)cc1.Cl. The van der Waals surface area contributed by atoms with Crippen molar-refractivity contribution in [2.75, 3.05) is 20.3 Å². The van der Waals surface area contributed by atoms with Crippen LogP contribution in [0.5, 0.6) is 0 Å². The molecule has 130 valence electrons. The maximum Gasteiger partial charge on any atom is 0.242 e. The summed E-state index contributed by atoms with van der Waals surface area (Å²) in [5, 5.41) is 0. The first-order valence-electron chi connectivity index (χ1n) is 8.00. The summed E-state index contributed by atoms with van der Waals surface area (Å²) >= 11 is 0. The average molecular weight is 341 g/mol. The number of halogens is 1. The summed E-state index contributed by atoms with van der Waals surface area (Å²) < 4.78 is 5.01. The third-order valence-corrected chi connectivity index (χ3v) is 4.36. The minimum Gasteiger partial charge on any atom is -0.383 e. The lowest BCUT2D eigenvalue weighted by Crippen LogP contribution is -2.45. The fourth-order valence-electron chi connectivity index (χ4n) is 3.05. The second-order valence-corrected chi connectivity index (χ2v) is 7.12. The monoisotopic (exact) mass is 340 g/mol. The Morgan fingerprint density at radius 2 is 1.96 bits per heavy atom. The molecule has 23 heavy (non-hydrogen) atoms. The van der Waals surface area contributed by atoms with Gasteiger partial charge in [-0.15, -0.1) is 12.4 Å². The molecule has 0 spiro atoms. The van der Waals surface area contributed by atoms with Gasteiger partial charge in [0.25, 0.3) is 0 Å². The van der Waals surface area contributed by atoms with Crippen LogP contribution < -0.4 is 5.73 Å². The predicted octanol–water partition coefficient (Wildman–Crippen LogP) is 3.04. The highest BCUT2D eigenvalue weighted by molar-refractivity contribution is 5.85. The van der Waals surface area contributed by atoms with Gasteiger partial charge in [0.2, 0.25) is 5.91 Å². The van der Waals surface area contributed by atoms with E-state index in [0.717, 1.165) is 19.4 Å². The van der Waals surface area contributed by atoms with Gasteiger partial charge in [0.05, 0.1) is 12.6 Å². The van der Waals surface area contributed by atoms with Crippen molar-refractivity contribution in [3.8, 4) is 0 Å². The Balaban J connectivity index is 0.00000264. The zero-order valence-corrected chi connectivity index (χ0v) is 15.4. The summed E-state index contributed by atoms with van der Waals surface area (Å²) in [6.07, 6.45) is 2.03. The largest absolute Gasteiger partial charge is 0.383 e. The van der Waals surface area contributed by atoms with Crippen molar-refractivity contribution in [1.29, 1.82) is 0 Å². The second kappa shape index (κ2) is 8.13. The lowest BCUT2D eigenvalue weighted by Gasteiger charge is -2.28. The first-order chi connectivity index (χ1) is 10.3. The van der Waals surface area contributed by atoms with E-state index in [4.69, 9.17) is 10.5 Å². The molecule has 1 aromatic rings. The highest BCUT2D eigenvalue weighted by Gasteiger charge is 2.32. The van der Waals surface area contributed by atoms with Gasteiger partial charge in [-0.25, -0.2) is 0 Å². The number of carbonyl (C=O) groups excluding carboxylic acids is 1. The molecular formula is C18H29ClN2O2. The summed E-state index contributed by atoms with van der Waals surface area (Å²) in [7, 11) is 1.57. The molecule has 2 N–H and O–H groups in total. The molecule has 1 fully saturated rings. The lowest BCUT2D eigenvalue weighted by molar-refractivity contribution is -0.134. The molecule has 1 saturated heterocycles. The number of benzene rings is 1. The fraction of sp³-hybridized carbons (Fsp3) is 0.611. The molecule has 4 nitrogen and oxygen atoms in total. The molecule has 2 rings (SSSR count). The Bertz CT molecular complexity index is 511. The zero-order valence-electron chi connectivity index (χ0n) is 14.5. The van der Waals surface area contributed by atoms with Gasteiger partial charge in [0.15, 0.2) is 0 Å². The lowest BCUT2D eigenvalue weighted by atomic mass is 9.86. The zero-order chi connectivity index (χ0) is 16.3. The van der Waals surface area contributed by atoms with Crippen LogP contribution in [0.1, 0.15) is 50.8 Å². The van der Waals surface area contributed by atoms with Crippen molar-refractivity contribution in [2.24, 2.45) is 5.73 Å². The van der Waals surface area contributed by atoms with Crippen molar-refractivity contribution in [2.45, 2.75) is 51.1 Å². The van der Waals surface area contributed by atoms with Crippen LogP contribution in [-0.4, -0.2) is 37.1 Å². The third kappa shape index (κ3) is 4.69. The molecule has 0 saturated carbocycles. The normalized spacial score (nSPS) is 19.3. The Kier molecular flexibility index (Phi) is 7.05. The quantitative estimate of drug-likeness (QED) is 0.916. The van der Waals surface area contributed by atoms with Crippen LogP contribution >= 0.6 is 12.4 Å². The van der Waals surface area contributed by atoms with E-state index >= 15 is 0 Å². The molecule has 0 radical (unpaired) electrons. The summed E-state index contributed by atoms with van der Waals surface area (Å²) in [5.74, 6) is -0.00996. The first kappa shape index (κ1) is 19.9. The predicted molar refractivity (Wildman–Crippen MR) is 95.9 cm³/mol. The Morgan fingerprint density at radius 3 is 2.48 bits per heavy atom. The molecule has 0 aromatic heterocycles. The number of amides is 1. The van der Waals surface area contributed by atoms with Crippen molar-refractivity contribution in [3.05, 3.63) is 35.4 Å². The highest BCUT2D eigenvalue weighted by Crippen LogP contribution is 2.33. The molecule has 1 aliphatic rings. The van der Waals surface area contributed by atoms with Crippen LogP contribution in [-0.2, 0) is 14.9 Å². The fourth-order valence-corrected chi connectivity index (χ4v) is 3.05. The number of rotatable bonds is 4. The van der Waals surface area contributed by atoms with Crippen LogP contribution in [0.25, 0.3) is 0 Å². The Labute approximate surface area is 145 Å². The van der Waals surface area contributed by atoms with Crippen LogP contribution in [0.3, 0.4) is 0 Å². The highest BCUT2D eigenvalue weighted by atomic mass is 35.5. The van der Waals surface area contributed by atoms with Gasteiger partial charge < -0.3 is 15.4 Å². The van der Waals surface area contributed by atoms with Gasteiger partial charge >= 0.3 is 0 Å². The molecule has 1 aromatic carbocycles. The van der Waals surface area contributed by atoms with E-state index in [0.29, 0.717) is 0 Å². The Morgan fingerprint density at radius 1 is 1.35 bits per heavy atom. The molecule has 2 atom stereocenters. The maximum atomic E-state index is 12.5. The average Bonchev–Trinajstić information content (AvgIpc) is 2.95. The van der Waals surface area contributed by atoms with E-state index in [1.807, 2.05) is 4.90 Å². The molecular weight excluding hydrogens is 312 g/mol. The van der Waals surface area contributed by atoms with E-state index in [9.17, 15) is 4.79 Å². The molecule has 1 aliphatic heterocycles. The van der Waals surface area contributed by atoms with Gasteiger partial charge in [0.1, 0.15) is 6.04 Å². The molecule has 1 amide bonds. The van der Waals surface area contributed by atoms with E-state index in [1.54, 1.807) is 7.11 Å². The van der Waals surface area contributed by atoms with E-state index in [1.165, 1.54) is 11.1 Å². The molecule has 0 aliphatic carbocycles. The summed E-state index contributed by atoms with van der Waals surface area (Å²) in [6.45, 7) is 7.67. The minimum atomic E-state index is -0.570. The minimum absolute atomic E-state index is 0. The number of nitrogens with zero attached hydrogens (tertiary/aromatic N) is 1. The maximum absolute atomic E-state index is 12.5. The van der Waals surface area contributed by atoms with Crippen molar-refractivity contribution in [1.82, 2.24) is 4.90 Å².